The fourth-order valence-corrected chi connectivity index (χ4v) is 2.24. The molecule has 5 nitrogen and oxygen atoms in total. The molecule has 1 atom stereocenters. The summed E-state index contributed by atoms with van der Waals surface area (Å²) in [5, 5.41) is 0.872. The van der Waals surface area contributed by atoms with Gasteiger partial charge < -0.3 is 11.5 Å². The summed E-state index contributed by atoms with van der Waals surface area (Å²) in [7, 11) is 0. The van der Waals surface area contributed by atoms with Crippen LogP contribution in [0.5, 0.6) is 0 Å². The Kier molecular flexibility index (Phi) is 3.13. The molecular formula is C15H14FN5. The highest BCUT2D eigenvalue weighted by Crippen LogP contribution is 2.28. The minimum absolute atomic E-state index is 0.155. The number of aromatic nitrogens is 3. The van der Waals surface area contributed by atoms with Gasteiger partial charge in [0.1, 0.15) is 5.82 Å². The number of anilines is 2. The first kappa shape index (κ1) is 13.2. The van der Waals surface area contributed by atoms with E-state index in [1.807, 2.05) is 19.1 Å². The summed E-state index contributed by atoms with van der Waals surface area (Å²) in [4.78, 5) is 12.3. The highest BCUT2D eigenvalue weighted by molar-refractivity contribution is 5.79. The maximum Gasteiger partial charge on any atom is 0.166 e. The fraction of sp³-hybridized carbons (Fsp3) is 0.133. The number of halogens is 1. The number of pyridine rings is 1. The third-order valence-electron chi connectivity index (χ3n) is 3.48. The molecule has 4 N–H and O–H groups in total. The van der Waals surface area contributed by atoms with E-state index in [2.05, 4.69) is 15.0 Å². The molecule has 1 unspecified atom stereocenters. The van der Waals surface area contributed by atoms with E-state index in [0.717, 1.165) is 5.39 Å². The van der Waals surface area contributed by atoms with Crippen LogP contribution in [0.2, 0.25) is 0 Å². The maximum atomic E-state index is 14.3. The number of hydrogen-bond donors (Lipinski definition) is 2. The van der Waals surface area contributed by atoms with Crippen molar-refractivity contribution < 1.29 is 4.39 Å². The van der Waals surface area contributed by atoms with Crippen LogP contribution in [0.15, 0.2) is 36.7 Å². The van der Waals surface area contributed by atoms with E-state index in [4.69, 9.17) is 11.5 Å². The van der Waals surface area contributed by atoms with Crippen molar-refractivity contribution in [2.24, 2.45) is 0 Å². The van der Waals surface area contributed by atoms with Crippen LogP contribution in [0.25, 0.3) is 10.9 Å². The van der Waals surface area contributed by atoms with Gasteiger partial charge in [0.05, 0.1) is 17.4 Å². The Morgan fingerprint density at radius 2 is 1.95 bits per heavy atom. The smallest absolute Gasteiger partial charge is 0.166 e. The number of nitrogens with zero attached hydrogens (tertiary/aromatic N) is 3. The summed E-state index contributed by atoms with van der Waals surface area (Å²) in [6.07, 6.45) is 3.15. The molecule has 2 aromatic heterocycles. The quantitative estimate of drug-likeness (QED) is 0.754. The molecular weight excluding hydrogens is 269 g/mol. The highest BCUT2D eigenvalue weighted by atomic mass is 19.1. The molecule has 0 saturated carbocycles. The second-order valence-electron chi connectivity index (χ2n) is 4.86. The van der Waals surface area contributed by atoms with Gasteiger partial charge in [-0.1, -0.05) is 13.0 Å². The van der Waals surface area contributed by atoms with Crippen molar-refractivity contribution in [1.82, 2.24) is 15.0 Å². The first-order valence-corrected chi connectivity index (χ1v) is 6.48. The number of fused-ring (bicyclic) bond motifs is 1. The van der Waals surface area contributed by atoms with Gasteiger partial charge in [-0.25, -0.2) is 14.4 Å². The minimum Gasteiger partial charge on any atom is -0.381 e. The lowest BCUT2D eigenvalue weighted by atomic mass is 9.96. The molecule has 0 aliphatic heterocycles. The summed E-state index contributed by atoms with van der Waals surface area (Å²) in [5.41, 5.74) is 12.9. The lowest BCUT2D eigenvalue weighted by Gasteiger charge is -2.14. The van der Waals surface area contributed by atoms with Crippen LogP contribution in [0.4, 0.5) is 16.0 Å². The topological polar surface area (TPSA) is 90.7 Å². The predicted molar refractivity (Wildman–Crippen MR) is 80.1 cm³/mol. The molecule has 0 aliphatic carbocycles. The molecule has 21 heavy (non-hydrogen) atoms. The standard InChI is InChI=1S/C15H14FN5/c1-8(13-7-20-14(17)15(18)21-13)10-5-9-3-2-4-19-12(9)6-11(10)16/h2-8H,1H3,(H2,17,20)(H2,18,21). The molecule has 106 valence electrons. The van der Waals surface area contributed by atoms with Gasteiger partial charge in [-0.3, -0.25) is 4.98 Å². The van der Waals surface area contributed by atoms with Crippen molar-refractivity contribution in [1.29, 1.82) is 0 Å². The highest BCUT2D eigenvalue weighted by Gasteiger charge is 2.17. The van der Waals surface area contributed by atoms with Crippen LogP contribution in [-0.2, 0) is 0 Å². The lowest BCUT2D eigenvalue weighted by molar-refractivity contribution is 0.602. The van der Waals surface area contributed by atoms with E-state index >= 15 is 0 Å². The lowest BCUT2D eigenvalue weighted by Crippen LogP contribution is -2.07. The number of nitrogen functional groups attached to an aromatic ring is 2. The Balaban J connectivity index is 2.10. The molecule has 0 aliphatic rings. The molecule has 0 radical (unpaired) electrons. The van der Waals surface area contributed by atoms with Gasteiger partial charge in [0, 0.05) is 23.6 Å². The monoisotopic (exact) mass is 283 g/mol. The Labute approximate surface area is 120 Å². The molecule has 3 aromatic rings. The molecule has 6 heteroatoms. The van der Waals surface area contributed by atoms with Gasteiger partial charge in [-0.2, -0.15) is 0 Å². The van der Waals surface area contributed by atoms with Crippen LogP contribution in [0.3, 0.4) is 0 Å². The maximum absolute atomic E-state index is 14.3. The van der Waals surface area contributed by atoms with E-state index in [1.54, 1.807) is 12.3 Å². The summed E-state index contributed by atoms with van der Waals surface area (Å²) >= 11 is 0. The van der Waals surface area contributed by atoms with Gasteiger partial charge >= 0.3 is 0 Å². The van der Waals surface area contributed by atoms with Crippen LogP contribution in [-0.4, -0.2) is 15.0 Å². The zero-order valence-electron chi connectivity index (χ0n) is 11.4. The van der Waals surface area contributed by atoms with Crippen molar-refractivity contribution in [2.45, 2.75) is 12.8 Å². The zero-order valence-corrected chi connectivity index (χ0v) is 11.4. The molecule has 0 bridgehead atoms. The summed E-state index contributed by atoms with van der Waals surface area (Å²) in [6.45, 7) is 1.85. The van der Waals surface area contributed by atoms with Gasteiger partial charge in [0.2, 0.25) is 0 Å². The first-order chi connectivity index (χ1) is 10.1. The molecule has 3 rings (SSSR count). The van der Waals surface area contributed by atoms with Gasteiger partial charge in [-0.15, -0.1) is 0 Å². The normalized spacial score (nSPS) is 12.5. The van der Waals surface area contributed by atoms with Crippen LogP contribution in [0, 0.1) is 5.82 Å². The number of nitrogens with two attached hydrogens (primary N) is 2. The molecule has 1 aromatic carbocycles. The Morgan fingerprint density at radius 1 is 1.14 bits per heavy atom. The Hall–Kier alpha value is -2.76. The van der Waals surface area contributed by atoms with E-state index < -0.39 is 0 Å². The Bertz CT molecular complexity index is 818. The van der Waals surface area contributed by atoms with Gasteiger partial charge in [0.15, 0.2) is 11.6 Å². The molecule has 0 saturated heterocycles. The van der Waals surface area contributed by atoms with Crippen molar-refractivity contribution in [3.05, 3.63) is 53.7 Å². The average Bonchev–Trinajstić information content (AvgIpc) is 2.48. The molecule has 2 heterocycles. The van der Waals surface area contributed by atoms with Gasteiger partial charge in [-0.05, 0) is 17.7 Å². The second kappa shape index (κ2) is 4.97. The Morgan fingerprint density at radius 3 is 2.71 bits per heavy atom. The van der Waals surface area contributed by atoms with E-state index in [1.165, 1.54) is 12.3 Å². The van der Waals surface area contributed by atoms with E-state index in [0.29, 0.717) is 16.8 Å². The van der Waals surface area contributed by atoms with E-state index in [9.17, 15) is 4.39 Å². The first-order valence-electron chi connectivity index (χ1n) is 6.48. The fourth-order valence-electron chi connectivity index (χ4n) is 2.24. The van der Waals surface area contributed by atoms with Crippen molar-refractivity contribution >= 4 is 22.5 Å². The second-order valence-corrected chi connectivity index (χ2v) is 4.86. The van der Waals surface area contributed by atoms with Crippen molar-refractivity contribution in [3.8, 4) is 0 Å². The van der Waals surface area contributed by atoms with Gasteiger partial charge in [0.25, 0.3) is 0 Å². The predicted octanol–water partition coefficient (Wildman–Crippen LogP) is 2.48. The van der Waals surface area contributed by atoms with Crippen LogP contribution >= 0.6 is 0 Å². The average molecular weight is 283 g/mol. The summed E-state index contributed by atoms with van der Waals surface area (Å²) in [6, 6.07) is 6.91. The third-order valence-corrected chi connectivity index (χ3v) is 3.48. The molecule has 0 fully saturated rings. The SMILES string of the molecule is CC(c1cnc(N)c(N)n1)c1cc2cccnc2cc1F. The molecule has 0 amide bonds. The van der Waals surface area contributed by atoms with Crippen LogP contribution in [0.1, 0.15) is 24.1 Å². The summed E-state index contributed by atoms with van der Waals surface area (Å²) in [5.74, 6) is -0.285. The third kappa shape index (κ3) is 2.35. The van der Waals surface area contributed by atoms with Crippen molar-refractivity contribution in [3.63, 3.8) is 0 Å². The largest absolute Gasteiger partial charge is 0.381 e. The molecule has 0 spiro atoms. The zero-order chi connectivity index (χ0) is 15.0. The number of rotatable bonds is 2. The number of benzene rings is 1. The van der Waals surface area contributed by atoms with Crippen LogP contribution < -0.4 is 11.5 Å². The number of hydrogen-bond acceptors (Lipinski definition) is 5. The van der Waals surface area contributed by atoms with E-state index in [-0.39, 0.29) is 23.4 Å². The minimum atomic E-state index is -0.328. The summed E-state index contributed by atoms with van der Waals surface area (Å²) < 4.78 is 14.3. The van der Waals surface area contributed by atoms with Crippen molar-refractivity contribution in [2.75, 3.05) is 11.5 Å².